The van der Waals surface area contributed by atoms with Crippen LogP contribution < -0.4 is 0 Å². The van der Waals surface area contributed by atoms with Crippen LogP contribution in [0.2, 0.25) is 0 Å². The monoisotopic (exact) mass is 358 g/mol. The van der Waals surface area contributed by atoms with Gasteiger partial charge in [-0.15, -0.1) is 11.8 Å². The Labute approximate surface area is 150 Å². The molecule has 130 valence electrons. The fourth-order valence-corrected chi connectivity index (χ4v) is 3.51. The van der Waals surface area contributed by atoms with Crippen LogP contribution in [-0.4, -0.2) is 53.5 Å². The molecule has 0 bridgehead atoms. The first kappa shape index (κ1) is 17.5. The molecule has 0 radical (unpaired) electrons. The molecule has 0 spiro atoms. The van der Waals surface area contributed by atoms with Crippen molar-refractivity contribution in [2.24, 2.45) is 0 Å². The molecule has 1 aliphatic rings. The summed E-state index contributed by atoms with van der Waals surface area (Å²) in [6.07, 6.45) is 0. The molecule has 0 saturated carbocycles. The van der Waals surface area contributed by atoms with E-state index in [2.05, 4.69) is 0 Å². The van der Waals surface area contributed by atoms with E-state index in [0.717, 1.165) is 4.90 Å². The third-order valence-electron chi connectivity index (χ3n) is 4.12. The maximum absolute atomic E-state index is 13.0. The van der Waals surface area contributed by atoms with Gasteiger partial charge in [-0.05, 0) is 36.4 Å². The second-order valence-electron chi connectivity index (χ2n) is 5.78. The lowest BCUT2D eigenvalue weighted by Gasteiger charge is -2.34. The smallest absolute Gasteiger partial charge is 0.253 e. The topological polar surface area (TPSA) is 40.6 Å². The lowest BCUT2D eigenvalue weighted by molar-refractivity contribution is -0.129. The van der Waals surface area contributed by atoms with Crippen molar-refractivity contribution >= 4 is 23.6 Å². The van der Waals surface area contributed by atoms with Gasteiger partial charge in [0.1, 0.15) is 5.82 Å². The quantitative estimate of drug-likeness (QED) is 0.789. The van der Waals surface area contributed by atoms with Crippen LogP contribution >= 0.6 is 11.8 Å². The second kappa shape index (κ2) is 8.16. The minimum atomic E-state index is -0.358. The number of rotatable bonds is 4. The molecule has 0 atom stereocenters. The van der Waals surface area contributed by atoms with Gasteiger partial charge in [0.15, 0.2) is 0 Å². The predicted molar refractivity (Wildman–Crippen MR) is 96.0 cm³/mol. The molecule has 1 heterocycles. The largest absolute Gasteiger partial charge is 0.338 e. The van der Waals surface area contributed by atoms with Crippen molar-refractivity contribution in [2.75, 3.05) is 31.9 Å². The van der Waals surface area contributed by atoms with E-state index in [1.807, 2.05) is 30.3 Å². The van der Waals surface area contributed by atoms with Crippen molar-refractivity contribution in [1.82, 2.24) is 9.80 Å². The number of thioether (sulfide) groups is 1. The van der Waals surface area contributed by atoms with Gasteiger partial charge in [-0.1, -0.05) is 18.2 Å². The van der Waals surface area contributed by atoms with E-state index >= 15 is 0 Å². The average molecular weight is 358 g/mol. The Bertz CT molecular complexity index is 729. The van der Waals surface area contributed by atoms with Crippen LogP contribution in [0.25, 0.3) is 0 Å². The molecule has 2 aromatic carbocycles. The van der Waals surface area contributed by atoms with E-state index in [0.29, 0.717) is 37.5 Å². The zero-order valence-electron chi connectivity index (χ0n) is 13.7. The summed E-state index contributed by atoms with van der Waals surface area (Å²) >= 11 is 1.52. The maximum Gasteiger partial charge on any atom is 0.253 e. The maximum atomic E-state index is 13.0. The fourth-order valence-electron chi connectivity index (χ4n) is 2.69. The molecular formula is C19H19FN2O2S. The van der Waals surface area contributed by atoms with Crippen molar-refractivity contribution in [2.45, 2.75) is 4.90 Å². The van der Waals surface area contributed by atoms with Crippen molar-refractivity contribution in [3.63, 3.8) is 0 Å². The van der Waals surface area contributed by atoms with Gasteiger partial charge in [0.2, 0.25) is 5.91 Å². The van der Waals surface area contributed by atoms with E-state index in [9.17, 15) is 14.0 Å². The highest BCUT2D eigenvalue weighted by Crippen LogP contribution is 2.18. The summed E-state index contributed by atoms with van der Waals surface area (Å²) in [5.74, 6) is 0.00649. The van der Waals surface area contributed by atoms with E-state index < -0.39 is 0 Å². The van der Waals surface area contributed by atoms with Gasteiger partial charge in [-0.25, -0.2) is 4.39 Å². The van der Waals surface area contributed by atoms with Gasteiger partial charge < -0.3 is 9.80 Å². The number of hydrogen-bond donors (Lipinski definition) is 0. The van der Waals surface area contributed by atoms with Crippen molar-refractivity contribution in [3.8, 4) is 0 Å². The number of benzene rings is 2. The lowest BCUT2D eigenvalue weighted by atomic mass is 10.2. The van der Waals surface area contributed by atoms with Crippen LogP contribution in [0.5, 0.6) is 0 Å². The molecule has 1 saturated heterocycles. The van der Waals surface area contributed by atoms with Gasteiger partial charge in [0, 0.05) is 36.6 Å². The van der Waals surface area contributed by atoms with E-state index in [1.54, 1.807) is 9.80 Å². The van der Waals surface area contributed by atoms with Crippen LogP contribution in [0.4, 0.5) is 4.39 Å². The summed E-state index contributed by atoms with van der Waals surface area (Å²) < 4.78 is 13.0. The number of amides is 2. The summed E-state index contributed by atoms with van der Waals surface area (Å²) in [4.78, 5) is 29.3. The summed E-state index contributed by atoms with van der Waals surface area (Å²) in [7, 11) is 0. The van der Waals surface area contributed by atoms with Crippen LogP contribution in [0.3, 0.4) is 0 Å². The molecule has 4 nitrogen and oxygen atoms in total. The first-order chi connectivity index (χ1) is 12.1. The Morgan fingerprint density at radius 2 is 1.48 bits per heavy atom. The molecule has 1 aliphatic heterocycles. The van der Waals surface area contributed by atoms with Crippen LogP contribution in [0.15, 0.2) is 59.5 Å². The fraction of sp³-hybridized carbons (Fsp3) is 0.263. The number of nitrogens with zero attached hydrogens (tertiary/aromatic N) is 2. The molecule has 0 N–H and O–H groups in total. The Hall–Kier alpha value is -2.34. The lowest BCUT2D eigenvalue weighted by Crippen LogP contribution is -2.51. The highest BCUT2D eigenvalue weighted by molar-refractivity contribution is 8.00. The zero-order valence-corrected chi connectivity index (χ0v) is 14.5. The average Bonchev–Trinajstić information content (AvgIpc) is 2.67. The predicted octanol–water partition coefficient (Wildman–Crippen LogP) is 2.90. The number of hydrogen-bond acceptors (Lipinski definition) is 3. The molecule has 1 fully saturated rings. The molecule has 6 heteroatoms. The van der Waals surface area contributed by atoms with Gasteiger partial charge in [0.25, 0.3) is 5.91 Å². The summed E-state index contributed by atoms with van der Waals surface area (Å²) in [5, 5.41) is 0. The van der Waals surface area contributed by atoms with Crippen molar-refractivity contribution < 1.29 is 14.0 Å². The van der Waals surface area contributed by atoms with Gasteiger partial charge in [-0.2, -0.15) is 0 Å². The Morgan fingerprint density at radius 1 is 0.880 bits per heavy atom. The van der Waals surface area contributed by atoms with Gasteiger partial charge in [0.05, 0.1) is 5.75 Å². The summed E-state index contributed by atoms with van der Waals surface area (Å²) in [6, 6.07) is 15.4. The van der Waals surface area contributed by atoms with E-state index in [4.69, 9.17) is 0 Å². The molecular weight excluding hydrogens is 339 g/mol. The first-order valence-electron chi connectivity index (χ1n) is 8.14. The summed E-state index contributed by atoms with van der Waals surface area (Å²) in [6.45, 7) is 2.05. The highest BCUT2D eigenvalue weighted by Gasteiger charge is 2.24. The Morgan fingerprint density at radius 3 is 2.12 bits per heavy atom. The Kier molecular flexibility index (Phi) is 5.71. The van der Waals surface area contributed by atoms with Gasteiger partial charge in [-0.3, -0.25) is 9.59 Å². The normalized spacial score (nSPS) is 14.4. The highest BCUT2D eigenvalue weighted by atomic mass is 32.2. The third kappa shape index (κ3) is 4.60. The van der Waals surface area contributed by atoms with Crippen molar-refractivity contribution in [1.29, 1.82) is 0 Å². The van der Waals surface area contributed by atoms with Gasteiger partial charge >= 0.3 is 0 Å². The van der Waals surface area contributed by atoms with E-state index in [-0.39, 0.29) is 17.6 Å². The van der Waals surface area contributed by atoms with Crippen LogP contribution in [0.1, 0.15) is 10.4 Å². The van der Waals surface area contributed by atoms with Crippen LogP contribution in [-0.2, 0) is 4.79 Å². The number of carbonyl (C=O) groups is 2. The Balaban J connectivity index is 1.48. The molecule has 0 aliphatic carbocycles. The molecule has 25 heavy (non-hydrogen) atoms. The molecule has 3 rings (SSSR count). The molecule has 2 aromatic rings. The summed E-state index contributed by atoms with van der Waals surface area (Å²) in [5.41, 5.74) is 0.473. The minimum absolute atomic E-state index is 0.0859. The molecule has 0 aromatic heterocycles. The number of halogens is 1. The number of carbonyl (C=O) groups excluding carboxylic acids is 2. The van der Waals surface area contributed by atoms with E-state index in [1.165, 1.54) is 36.0 Å². The molecule has 0 unspecified atom stereocenters. The van der Waals surface area contributed by atoms with Crippen molar-refractivity contribution in [3.05, 3.63) is 66.0 Å². The third-order valence-corrected chi connectivity index (χ3v) is 5.11. The number of piperazine rings is 1. The second-order valence-corrected chi connectivity index (χ2v) is 6.83. The zero-order chi connectivity index (χ0) is 17.6. The first-order valence-corrected chi connectivity index (χ1v) is 9.12. The standard InChI is InChI=1S/C19H19FN2O2S/c20-16-8-6-15(7-9-16)19(24)22-12-10-21(11-13-22)18(23)14-25-17-4-2-1-3-5-17/h1-9H,10-14H2. The molecule has 2 amide bonds. The SMILES string of the molecule is O=C(CSc1ccccc1)N1CCN(C(=O)c2ccc(F)cc2)CC1. The van der Waals surface area contributed by atoms with Crippen LogP contribution in [0, 0.1) is 5.82 Å². The minimum Gasteiger partial charge on any atom is -0.338 e.